The summed E-state index contributed by atoms with van der Waals surface area (Å²) in [4.78, 5) is 0. The normalized spacial score (nSPS) is 25.1. The maximum absolute atomic E-state index is 6.53. The molecular formula is C16H24BrNO. The molecule has 0 aromatic heterocycles. The van der Waals surface area contributed by atoms with Crippen molar-refractivity contribution in [3.05, 3.63) is 28.2 Å². The largest absolute Gasteiger partial charge is 0.496 e. The van der Waals surface area contributed by atoms with E-state index in [1.54, 1.807) is 7.11 Å². The molecule has 0 amide bonds. The number of hydrogen-bond acceptors (Lipinski definition) is 2. The minimum Gasteiger partial charge on any atom is -0.496 e. The lowest BCUT2D eigenvalue weighted by Gasteiger charge is -2.35. The van der Waals surface area contributed by atoms with Crippen LogP contribution in [-0.4, -0.2) is 7.11 Å². The van der Waals surface area contributed by atoms with Crippen molar-refractivity contribution in [2.45, 2.75) is 45.1 Å². The Balaban J connectivity index is 2.17. The lowest BCUT2D eigenvalue weighted by Crippen LogP contribution is -2.30. The summed E-state index contributed by atoms with van der Waals surface area (Å²) in [7, 11) is 1.69. The van der Waals surface area contributed by atoms with Crippen molar-refractivity contribution in [2.75, 3.05) is 7.11 Å². The summed E-state index contributed by atoms with van der Waals surface area (Å²) in [5.41, 5.74) is 7.75. The molecule has 3 atom stereocenters. The van der Waals surface area contributed by atoms with Crippen LogP contribution in [0.25, 0.3) is 0 Å². The molecule has 3 unspecified atom stereocenters. The van der Waals surface area contributed by atoms with E-state index in [1.165, 1.54) is 37.7 Å². The van der Waals surface area contributed by atoms with Gasteiger partial charge >= 0.3 is 0 Å². The van der Waals surface area contributed by atoms with Gasteiger partial charge < -0.3 is 10.5 Å². The van der Waals surface area contributed by atoms with Gasteiger partial charge in [0.15, 0.2) is 0 Å². The molecule has 1 fully saturated rings. The fourth-order valence-electron chi connectivity index (χ4n) is 3.35. The van der Waals surface area contributed by atoms with Gasteiger partial charge in [0.1, 0.15) is 5.75 Å². The van der Waals surface area contributed by atoms with Crippen LogP contribution in [0.5, 0.6) is 5.75 Å². The summed E-state index contributed by atoms with van der Waals surface area (Å²) in [6, 6.07) is 6.37. The van der Waals surface area contributed by atoms with Crippen LogP contribution in [-0.2, 0) is 0 Å². The lowest BCUT2D eigenvalue weighted by molar-refractivity contribution is 0.196. The van der Waals surface area contributed by atoms with Crippen molar-refractivity contribution in [3.63, 3.8) is 0 Å². The van der Waals surface area contributed by atoms with Gasteiger partial charge in [-0.05, 0) is 51.9 Å². The van der Waals surface area contributed by atoms with E-state index in [4.69, 9.17) is 10.5 Å². The Kier molecular flexibility index (Phi) is 5.28. The van der Waals surface area contributed by atoms with Crippen LogP contribution in [0.4, 0.5) is 0 Å². The maximum Gasteiger partial charge on any atom is 0.133 e. The summed E-state index contributed by atoms with van der Waals surface area (Å²) in [5, 5.41) is 0. The summed E-state index contributed by atoms with van der Waals surface area (Å²) >= 11 is 3.55. The smallest absolute Gasteiger partial charge is 0.133 e. The van der Waals surface area contributed by atoms with E-state index in [-0.39, 0.29) is 6.04 Å². The molecule has 2 N–H and O–H groups in total. The van der Waals surface area contributed by atoms with Crippen LogP contribution in [0.2, 0.25) is 0 Å². The molecule has 0 bridgehead atoms. The first-order valence-corrected chi connectivity index (χ1v) is 8.05. The first-order chi connectivity index (χ1) is 9.17. The van der Waals surface area contributed by atoms with E-state index in [0.29, 0.717) is 5.92 Å². The second-order valence-electron chi connectivity index (χ2n) is 5.54. The summed E-state index contributed by atoms with van der Waals surface area (Å²) in [6.07, 6.45) is 6.55. The molecule has 0 aliphatic heterocycles. The summed E-state index contributed by atoms with van der Waals surface area (Å²) in [6.45, 7) is 2.29. The van der Waals surface area contributed by atoms with Gasteiger partial charge in [0.25, 0.3) is 0 Å². The number of hydrogen-bond donors (Lipinski definition) is 1. The third kappa shape index (κ3) is 3.32. The molecule has 0 spiro atoms. The zero-order chi connectivity index (χ0) is 13.8. The van der Waals surface area contributed by atoms with Crippen LogP contribution in [0.1, 0.15) is 50.6 Å². The standard InChI is InChI=1S/C16H24BrNO/c1-3-11-6-4-5-7-13(11)16(18)12-8-9-15(19-2)14(17)10-12/h8-11,13,16H,3-7,18H2,1-2H3. The molecule has 19 heavy (non-hydrogen) atoms. The Morgan fingerprint density at radius 2 is 2.11 bits per heavy atom. The highest BCUT2D eigenvalue weighted by atomic mass is 79.9. The third-order valence-electron chi connectivity index (χ3n) is 4.51. The van der Waals surface area contributed by atoms with Gasteiger partial charge in [-0.1, -0.05) is 38.7 Å². The van der Waals surface area contributed by atoms with Crippen molar-refractivity contribution in [1.82, 2.24) is 0 Å². The molecule has 1 aliphatic rings. The highest BCUT2D eigenvalue weighted by Gasteiger charge is 2.29. The van der Waals surface area contributed by atoms with E-state index in [2.05, 4.69) is 35.0 Å². The molecular weight excluding hydrogens is 302 g/mol. The van der Waals surface area contributed by atoms with Gasteiger partial charge in [0, 0.05) is 6.04 Å². The minimum absolute atomic E-state index is 0.146. The summed E-state index contributed by atoms with van der Waals surface area (Å²) in [5.74, 6) is 2.27. The molecule has 1 aromatic rings. The zero-order valence-electron chi connectivity index (χ0n) is 11.9. The number of halogens is 1. The SMILES string of the molecule is CCC1CCCCC1C(N)c1ccc(OC)c(Br)c1. The van der Waals surface area contributed by atoms with Gasteiger partial charge in [-0.25, -0.2) is 0 Å². The molecule has 1 aromatic carbocycles. The number of benzene rings is 1. The number of ether oxygens (including phenoxy) is 1. The Morgan fingerprint density at radius 1 is 1.37 bits per heavy atom. The van der Waals surface area contributed by atoms with Crippen molar-refractivity contribution < 1.29 is 4.74 Å². The Labute approximate surface area is 124 Å². The van der Waals surface area contributed by atoms with E-state index in [1.807, 2.05) is 6.07 Å². The van der Waals surface area contributed by atoms with E-state index in [0.717, 1.165) is 16.1 Å². The van der Waals surface area contributed by atoms with E-state index >= 15 is 0 Å². The molecule has 0 saturated heterocycles. The average Bonchev–Trinajstić information content (AvgIpc) is 2.46. The van der Waals surface area contributed by atoms with Gasteiger partial charge in [-0.3, -0.25) is 0 Å². The first-order valence-electron chi connectivity index (χ1n) is 7.26. The summed E-state index contributed by atoms with van der Waals surface area (Å²) < 4.78 is 6.27. The fourth-order valence-corrected chi connectivity index (χ4v) is 3.91. The van der Waals surface area contributed by atoms with Gasteiger partial charge in [0.2, 0.25) is 0 Å². The quantitative estimate of drug-likeness (QED) is 0.872. The number of methoxy groups -OCH3 is 1. The van der Waals surface area contributed by atoms with Crippen LogP contribution in [0, 0.1) is 11.8 Å². The second-order valence-corrected chi connectivity index (χ2v) is 6.39. The molecule has 2 rings (SSSR count). The van der Waals surface area contributed by atoms with Gasteiger partial charge in [0.05, 0.1) is 11.6 Å². The fraction of sp³-hybridized carbons (Fsp3) is 0.625. The van der Waals surface area contributed by atoms with Crippen molar-refractivity contribution >= 4 is 15.9 Å². The predicted molar refractivity (Wildman–Crippen MR) is 83.4 cm³/mol. The number of rotatable bonds is 4. The number of nitrogens with two attached hydrogens (primary N) is 1. The van der Waals surface area contributed by atoms with Crippen LogP contribution < -0.4 is 10.5 Å². The second kappa shape index (κ2) is 6.76. The maximum atomic E-state index is 6.53. The highest BCUT2D eigenvalue weighted by Crippen LogP contribution is 2.40. The molecule has 3 heteroatoms. The third-order valence-corrected chi connectivity index (χ3v) is 5.13. The monoisotopic (exact) mass is 325 g/mol. The van der Waals surface area contributed by atoms with Crippen molar-refractivity contribution in [3.8, 4) is 5.75 Å². The Bertz CT molecular complexity index is 421. The van der Waals surface area contributed by atoms with E-state index < -0.39 is 0 Å². The van der Waals surface area contributed by atoms with Crippen LogP contribution >= 0.6 is 15.9 Å². The molecule has 0 heterocycles. The predicted octanol–water partition coefficient (Wildman–Crippen LogP) is 4.67. The molecule has 0 radical (unpaired) electrons. The lowest BCUT2D eigenvalue weighted by atomic mass is 9.73. The molecule has 1 aliphatic carbocycles. The first kappa shape index (κ1) is 14.9. The molecule has 1 saturated carbocycles. The minimum atomic E-state index is 0.146. The molecule has 106 valence electrons. The van der Waals surface area contributed by atoms with Crippen molar-refractivity contribution in [1.29, 1.82) is 0 Å². The van der Waals surface area contributed by atoms with Crippen LogP contribution in [0.15, 0.2) is 22.7 Å². The molecule has 2 nitrogen and oxygen atoms in total. The topological polar surface area (TPSA) is 35.2 Å². The zero-order valence-corrected chi connectivity index (χ0v) is 13.4. The van der Waals surface area contributed by atoms with E-state index in [9.17, 15) is 0 Å². The van der Waals surface area contributed by atoms with Gasteiger partial charge in [-0.2, -0.15) is 0 Å². The van der Waals surface area contributed by atoms with Crippen molar-refractivity contribution in [2.24, 2.45) is 17.6 Å². The van der Waals surface area contributed by atoms with Crippen LogP contribution in [0.3, 0.4) is 0 Å². The Morgan fingerprint density at radius 3 is 2.74 bits per heavy atom. The van der Waals surface area contributed by atoms with Gasteiger partial charge in [-0.15, -0.1) is 0 Å². The average molecular weight is 326 g/mol. The Hall–Kier alpha value is -0.540. The highest BCUT2D eigenvalue weighted by molar-refractivity contribution is 9.10.